The molecule has 0 radical (unpaired) electrons. The zero-order valence-corrected chi connectivity index (χ0v) is 9.28. The van der Waals surface area contributed by atoms with E-state index in [1.54, 1.807) is 0 Å². The van der Waals surface area contributed by atoms with Crippen LogP contribution in [0.1, 0.15) is 40.5 Å². The van der Waals surface area contributed by atoms with Gasteiger partial charge in [0.1, 0.15) is 5.75 Å². The van der Waals surface area contributed by atoms with E-state index in [0.29, 0.717) is 11.7 Å². The third kappa shape index (κ3) is 5.61. The van der Waals surface area contributed by atoms with Gasteiger partial charge in [0.15, 0.2) is 0 Å². The quantitative estimate of drug-likeness (QED) is 0.483. The van der Waals surface area contributed by atoms with Crippen LogP contribution < -0.4 is 0 Å². The third-order valence-corrected chi connectivity index (χ3v) is 2.88. The molecule has 0 aromatic heterocycles. The van der Waals surface area contributed by atoms with Crippen molar-refractivity contribution < 1.29 is 4.55 Å². The average Bonchev–Trinajstić information content (AvgIpc) is 2.00. The fourth-order valence-corrected chi connectivity index (χ4v) is 1.74. The van der Waals surface area contributed by atoms with Crippen molar-refractivity contribution in [3.63, 3.8) is 0 Å². The molecule has 0 fully saturated rings. The fraction of sp³-hybridized carbons (Fsp3) is 0.889. The number of rotatable bonds is 5. The lowest BCUT2D eigenvalue weighted by atomic mass is 10.1. The molecule has 0 saturated carbocycles. The molecule has 0 aromatic rings. The first-order valence-corrected chi connectivity index (χ1v) is 5.79. The lowest BCUT2D eigenvalue weighted by molar-refractivity contribution is 0.593. The highest BCUT2D eigenvalue weighted by Crippen LogP contribution is 2.03. The van der Waals surface area contributed by atoms with E-state index in [9.17, 15) is 4.55 Å². The summed E-state index contributed by atoms with van der Waals surface area (Å²) in [4.78, 5) is 0. The number of unbranched alkanes of at least 4 members (excludes halogenated alkanes) is 1. The van der Waals surface area contributed by atoms with E-state index in [-0.39, 0.29) is 0 Å². The van der Waals surface area contributed by atoms with Crippen LogP contribution in [-0.4, -0.2) is 16.0 Å². The smallest absolute Gasteiger partial charge is 0.133 e. The molecule has 12 heavy (non-hydrogen) atoms. The molecule has 0 bridgehead atoms. The zero-order valence-electron chi connectivity index (χ0n) is 8.46. The molecule has 0 rings (SSSR count). The van der Waals surface area contributed by atoms with E-state index in [1.165, 1.54) is 0 Å². The van der Waals surface area contributed by atoms with Crippen LogP contribution in [0.15, 0.2) is 4.40 Å². The van der Waals surface area contributed by atoms with Gasteiger partial charge >= 0.3 is 0 Å². The Morgan fingerprint density at radius 2 is 2.08 bits per heavy atom. The molecule has 2 nitrogen and oxygen atoms in total. The van der Waals surface area contributed by atoms with Crippen LogP contribution in [0, 0.1) is 5.92 Å². The Kier molecular flexibility index (Phi) is 6.48. The number of hydrogen-bond donors (Lipinski definition) is 0. The Bertz CT molecular complexity index is 145. The summed E-state index contributed by atoms with van der Waals surface area (Å²) < 4.78 is 15.3. The first-order chi connectivity index (χ1) is 5.57. The van der Waals surface area contributed by atoms with Gasteiger partial charge < -0.3 is 4.55 Å². The SMILES string of the molecule is CCCC[S@+]([O-])/N=C(\C)C(C)C. The molecule has 0 aliphatic heterocycles. The van der Waals surface area contributed by atoms with E-state index in [0.717, 1.165) is 18.6 Å². The Morgan fingerprint density at radius 3 is 2.50 bits per heavy atom. The van der Waals surface area contributed by atoms with E-state index >= 15 is 0 Å². The largest absolute Gasteiger partial charge is 0.591 e. The Hall–Kier alpha value is -0.0200. The first kappa shape index (κ1) is 12.0. The van der Waals surface area contributed by atoms with Crippen LogP contribution in [0.2, 0.25) is 0 Å². The molecule has 0 amide bonds. The monoisotopic (exact) mass is 189 g/mol. The van der Waals surface area contributed by atoms with Gasteiger partial charge in [0, 0.05) is 0 Å². The Labute approximate surface area is 78.8 Å². The Morgan fingerprint density at radius 1 is 1.50 bits per heavy atom. The highest BCUT2D eigenvalue weighted by molar-refractivity contribution is 7.90. The predicted molar refractivity (Wildman–Crippen MR) is 55.9 cm³/mol. The molecule has 3 heteroatoms. The van der Waals surface area contributed by atoms with Gasteiger partial charge in [-0.1, -0.05) is 31.6 Å². The molecule has 0 N–H and O–H groups in total. The third-order valence-electron chi connectivity index (χ3n) is 1.75. The minimum Gasteiger partial charge on any atom is -0.591 e. The average molecular weight is 189 g/mol. The first-order valence-electron chi connectivity index (χ1n) is 4.51. The van der Waals surface area contributed by atoms with Crippen LogP contribution >= 0.6 is 0 Å². The van der Waals surface area contributed by atoms with Gasteiger partial charge in [-0.3, -0.25) is 0 Å². The van der Waals surface area contributed by atoms with Crippen molar-refractivity contribution in [2.75, 3.05) is 5.75 Å². The maximum atomic E-state index is 11.2. The van der Waals surface area contributed by atoms with Crippen molar-refractivity contribution in [1.82, 2.24) is 0 Å². The molecule has 0 unspecified atom stereocenters. The summed E-state index contributed by atoms with van der Waals surface area (Å²) in [6, 6.07) is 0. The molecular formula is C9H19NOS. The van der Waals surface area contributed by atoms with Gasteiger partial charge in [-0.05, 0) is 19.3 Å². The maximum absolute atomic E-state index is 11.2. The molecule has 1 atom stereocenters. The summed E-state index contributed by atoms with van der Waals surface area (Å²) in [5.74, 6) is 1.12. The normalized spacial score (nSPS) is 15.3. The second kappa shape index (κ2) is 6.49. The van der Waals surface area contributed by atoms with E-state index in [2.05, 4.69) is 25.2 Å². The van der Waals surface area contributed by atoms with E-state index in [4.69, 9.17) is 0 Å². The standard InChI is InChI=1S/C9H19NOS/c1-5-6-7-12(11)10-9(4)8(2)3/h8H,5-7H2,1-4H3/b10-9+/t12-/m0/s1. The molecule has 0 aliphatic carbocycles. The lowest BCUT2D eigenvalue weighted by Crippen LogP contribution is -2.09. The van der Waals surface area contributed by atoms with Gasteiger partial charge in [0.05, 0.1) is 17.1 Å². The fourth-order valence-electron chi connectivity index (χ4n) is 0.579. The highest BCUT2D eigenvalue weighted by Gasteiger charge is 2.06. The van der Waals surface area contributed by atoms with Gasteiger partial charge in [0.25, 0.3) is 0 Å². The molecule has 0 saturated heterocycles. The molecule has 0 aromatic carbocycles. The van der Waals surface area contributed by atoms with Gasteiger partial charge in [-0.15, -0.1) is 0 Å². The van der Waals surface area contributed by atoms with E-state index in [1.807, 2.05) is 6.92 Å². The van der Waals surface area contributed by atoms with Crippen molar-refractivity contribution in [3.05, 3.63) is 0 Å². The minimum atomic E-state index is -0.983. The van der Waals surface area contributed by atoms with Crippen LogP contribution in [0.25, 0.3) is 0 Å². The van der Waals surface area contributed by atoms with Crippen molar-refractivity contribution in [1.29, 1.82) is 0 Å². The van der Waals surface area contributed by atoms with Crippen molar-refractivity contribution >= 4 is 17.1 Å². The second-order valence-corrected chi connectivity index (χ2v) is 4.50. The minimum absolute atomic E-state index is 0.413. The van der Waals surface area contributed by atoms with Crippen LogP contribution in [0.5, 0.6) is 0 Å². The zero-order chi connectivity index (χ0) is 9.56. The highest BCUT2D eigenvalue weighted by atomic mass is 32.2. The summed E-state index contributed by atoms with van der Waals surface area (Å²) in [6.45, 7) is 8.16. The molecular weight excluding hydrogens is 170 g/mol. The van der Waals surface area contributed by atoms with Gasteiger partial charge in [-0.2, -0.15) is 0 Å². The van der Waals surface area contributed by atoms with Crippen molar-refractivity contribution in [3.8, 4) is 0 Å². The number of nitrogens with zero attached hydrogens (tertiary/aromatic N) is 1. The molecule has 0 aliphatic rings. The summed E-state index contributed by atoms with van der Waals surface area (Å²) in [7, 11) is 0. The Balaban J connectivity index is 3.79. The van der Waals surface area contributed by atoms with Crippen LogP contribution in [0.4, 0.5) is 0 Å². The molecule has 0 heterocycles. The molecule has 0 spiro atoms. The van der Waals surface area contributed by atoms with Crippen molar-refractivity contribution in [2.45, 2.75) is 40.5 Å². The number of hydrogen-bond acceptors (Lipinski definition) is 2. The van der Waals surface area contributed by atoms with Crippen LogP contribution in [-0.2, 0) is 11.4 Å². The van der Waals surface area contributed by atoms with E-state index < -0.39 is 11.4 Å². The van der Waals surface area contributed by atoms with Crippen LogP contribution in [0.3, 0.4) is 0 Å². The predicted octanol–water partition coefficient (Wildman–Crippen LogP) is 2.57. The van der Waals surface area contributed by atoms with Gasteiger partial charge in [-0.25, -0.2) is 0 Å². The summed E-state index contributed by atoms with van der Waals surface area (Å²) in [5.41, 5.74) is 0.990. The van der Waals surface area contributed by atoms with Crippen molar-refractivity contribution in [2.24, 2.45) is 10.3 Å². The maximum Gasteiger partial charge on any atom is 0.133 e. The lowest BCUT2D eigenvalue weighted by Gasteiger charge is -2.06. The summed E-state index contributed by atoms with van der Waals surface area (Å²) in [6.07, 6.45) is 2.09. The summed E-state index contributed by atoms with van der Waals surface area (Å²) >= 11 is -0.983. The topological polar surface area (TPSA) is 35.4 Å². The van der Waals surface area contributed by atoms with Gasteiger partial charge in [0.2, 0.25) is 0 Å². The summed E-state index contributed by atoms with van der Waals surface area (Å²) in [5, 5.41) is 0. The molecule has 72 valence electrons. The second-order valence-electron chi connectivity index (χ2n) is 3.27.